The Morgan fingerprint density at radius 1 is 0.870 bits per heavy atom. The van der Waals surface area contributed by atoms with E-state index in [2.05, 4.69) is 78.1 Å². The first-order valence-corrected chi connectivity index (χ1v) is 8.29. The average Bonchev–Trinajstić information content (AvgIpc) is 3.10. The summed E-state index contributed by atoms with van der Waals surface area (Å²) in [7, 11) is 0. The molecular formula is C21H21NO. The van der Waals surface area contributed by atoms with Crippen LogP contribution in [0.15, 0.2) is 72.8 Å². The molecule has 1 heterocycles. The predicted molar refractivity (Wildman–Crippen MR) is 95.0 cm³/mol. The second kappa shape index (κ2) is 6.43. The van der Waals surface area contributed by atoms with Crippen molar-refractivity contribution in [3.05, 3.63) is 78.4 Å². The molecule has 0 amide bonds. The van der Waals surface area contributed by atoms with Gasteiger partial charge in [-0.05, 0) is 29.4 Å². The number of fused-ring (bicyclic) bond motifs is 1. The molecule has 0 radical (unpaired) electrons. The van der Waals surface area contributed by atoms with Crippen LogP contribution in [-0.2, 0) is 0 Å². The Morgan fingerprint density at radius 2 is 1.65 bits per heavy atom. The topological polar surface area (TPSA) is 21.3 Å². The first-order chi connectivity index (χ1) is 11.4. The van der Waals surface area contributed by atoms with Gasteiger partial charge in [0.25, 0.3) is 0 Å². The van der Waals surface area contributed by atoms with Gasteiger partial charge in [0.2, 0.25) is 0 Å². The van der Waals surface area contributed by atoms with Gasteiger partial charge in [-0.2, -0.15) is 0 Å². The largest absolute Gasteiger partial charge is 0.491 e. The molecule has 0 unspecified atom stereocenters. The van der Waals surface area contributed by atoms with Gasteiger partial charge in [0.05, 0.1) is 0 Å². The van der Waals surface area contributed by atoms with Crippen LogP contribution >= 0.6 is 0 Å². The lowest BCUT2D eigenvalue weighted by Gasteiger charge is -2.14. The van der Waals surface area contributed by atoms with Gasteiger partial charge in [0, 0.05) is 18.0 Å². The van der Waals surface area contributed by atoms with E-state index in [1.165, 1.54) is 16.3 Å². The zero-order chi connectivity index (χ0) is 15.5. The third kappa shape index (κ3) is 3.08. The summed E-state index contributed by atoms with van der Waals surface area (Å²) in [5, 5.41) is 6.01. The monoisotopic (exact) mass is 303 g/mol. The molecule has 4 rings (SSSR count). The molecule has 23 heavy (non-hydrogen) atoms. The lowest BCUT2D eigenvalue weighted by molar-refractivity contribution is 0.279. The molecule has 0 aliphatic carbocycles. The maximum Gasteiger partial charge on any atom is 0.127 e. The minimum Gasteiger partial charge on any atom is -0.491 e. The van der Waals surface area contributed by atoms with Gasteiger partial charge in [0.15, 0.2) is 0 Å². The Labute approximate surface area is 137 Å². The van der Waals surface area contributed by atoms with Crippen molar-refractivity contribution in [1.82, 2.24) is 5.32 Å². The van der Waals surface area contributed by atoms with Crippen molar-refractivity contribution >= 4 is 10.8 Å². The fraction of sp³-hybridized carbons (Fsp3) is 0.238. The third-order valence-electron chi connectivity index (χ3n) is 4.68. The van der Waals surface area contributed by atoms with Crippen molar-refractivity contribution in [2.24, 2.45) is 0 Å². The smallest absolute Gasteiger partial charge is 0.127 e. The van der Waals surface area contributed by atoms with Crippen LogP contribution in [0, 0.1) is 0 Å². The van der Waals surface area contributed by atoms with Crippen LogP contribution in [0.4, 0.5) is 0 Å². The van der Waals surface area contributed by atoms with E-state index in [1.54, 1.807) is 0 Å². The molecule has 2 heteroatoms. The summed E-state index contributed by atoms with van der Waals surface area (Å²) in [6.07, 6.45) is 1.13. The Morgan fingerprint density at radius 3 is 2.57 bits per heavy atom. The van der Waals surface area contributed by atoms with Crippen LogP contribution in [0.3, 0.4) is 0 Å². The van der Waals surface area contributed by atoms with E-state index in [0.29, 0.717) is 12.0 Å². The van der Waals surface area contributed by atoms with Crippen LogP contribution in [0.1, 0.15) is 17.9 Å². The molecular weight excluding hydrogens is 282 g/mol. The highest BCUT2D eigenvalue weighted by molar-refractivity contribution is 5.88. The van der Waals surface area contributed by atoms with Crippen LogP contribution < -0.4 is 10.1 Å². The number of benzene rings is 3. The van der Waals surface area contributed by atoms with Crippen molar-refractivity contribution in [2.75, 3.05) is 13.2 Å². The van der Waals surface area contributed by atoms with Crippen molar-refractivity contribution in [1.29, 1.82) is 0 Å². The van der Waals surface area contributed by atoms with E-state index < -0.39 is 0 Å². The minimum atomic E-state index is 0.416. The van der Waals surface area contributed by atoms with Crippen LogP contribution in [0.5, 0.6) is 5.75 Å². The SMILES string of the molecule is c1ccc([C@@H]2CN[C@H](COc3cccc4ccccc34)C2)cc1. The maximum absolute atomic E-state index is 6.12. The van der Waals surface area contributed by atoms with Crippen LogP contribution in [0.2, 0.25) is 0 Å². The van der Waals surface area contributed by atoms with Gasteiger partial charge < -0.3 is 10.1 Å². The van der Waals surface area contributed by atoms with E-state index in [-0.39, 0.29) is 0 Å². The van der Waals surface area contributed by atoms with E-state index in [9.17, 15) is 0 Å². The predicted octanol–water partition coefficient (Wildman–Crippen LogP) is 4.36. The highest BCUT2D eigenvalue weighted by Gasteiger charge is 2.25. The van der Waals surface area contributed by atoms with E-state index in [4.69, 9.17) is 4.74 Å². The van der Waals surface area contributed by atoms with Gasteiger partial charge in [-0.25, -0.2) is 0 Å². The summed E-state index contributed by atoms with van der Waals surface area (Å²) >= 11 is 0. The quantitative estimate of drug-likeness (QED) is 0.773. The van der Waals surface area contributed by atoms with Crippen molar-refractivity contribution in [2.45, 2.75) is 18.4 Å². The van der Waals surface area contributed by atoms with Gasteiger partial charge in [-0.3, -0.25) is 0 Å². The molecule has 0 aromatic heterocycles. The van der Waals surface area contributed by atoms with E-state index in [0.717, 1.165) is 25.3 Å². The maximum atomic E-state index is 6.12. The summed E-state index contributed by atoms with van der Waals surface area (Å²) in [4.78, 5) is 0. The Kier molecular flexibility index (Phi) is 3.99. The number of nitrogens with one attached hydrogen (secondary N) is 1. The standard InChI is InChI=1S/C21H21NO/c1-2-7-16(8-3-1)18-13-19(22-14-18)15-23-21-12-6-10-17-9-4-5-11-20(17)21/h1-12,18-19,22H,13-15H2/t18-,19-/m0/s1. The molecule has 2 atom stereocenters. The summed E-state index contributed by atoms with van der Waals surface area (Å²) in [6.45, 7) is 1.75. The lowest BCUT2D eigenvalue weighted by atomic mass is 9.97. The summed E-state index contributed by atoms with van der Waals surface area (Å²) in [5.74, 6) is 1.57. The average molecular weight is 303 g/mol. The van der Waals surface area contributed by atoms with Gasteiger partial charge in [-0.15, -0.1) is 0 Å². The molecule has 1 saturated heterocycles. The molecule has 1 fully saturated rings. The fourth-order valence-corrected chi connectivity index (χ4v) is 3.44. The number of hydrogen-bond acceptors (Lipinski definition) is 2. The number of rotatable bonds is 4. The van der Waals surface area contributed by atoms with E-state index in [1.807, 2.05) is 0 Å². The molecule has 2 nitrogen and oxygen atoms in total. The number of ether oxygens (including phenoxy) is 1. The normalized spacial score (nSPS) is 20.7. The molecule has 0 saturated carbocycles. The molecule has 0 spiro atoms. The molecule has 3 aromatic carbocycles. The number of hydrogen-bond donors (Lipinski definition) is 1. The van der Waals surface area contributed by atoms with E-state index >= 15 is 0 Å². The molecule has 1 N–H and O–H groups in total. The van der Waals surface area contributed by atoms with Gasteiger partial charge in [-0.1, -0.05) is 66.7 Å². The summed E-state index contributed by atoms with van der Waals surface area (Å²) < 4.78 is 6.12. The van der Waals surface area contributed by atoms with Crippen LogP contribution in [-0.4, -0.2) is 19.2 Å². The first-order valence-electron chi connectivity index (χ1n) is 8.29. The molecule has 3 aromatic rings. The Hall–Kier alpha value is -2.32. The summed E-state index contributed by atoms with van der Waals surface area (Å²) in [5.41, 5.74) is 1.42. The zero-order valence-corrected chi connectivity index (χ0v) is 13.1. The van der Waals surface area contributed by atoms with Crippen LogP contribution in [0.25, 0.3) is 10.8 Å². The first kappa shape index (κ1) is 14.3. The Balaban J connectivity index is 1.42. The highest BCUT2D eigenvalue weighted by Crippen LogP contribution is 2.28. The molecule has 1 aliphatic rings. The summed E-state index contributed by atoms with van der Waals surface area (Å²) in [6, 6.07) is 25.8. The van der Waals surface area contributed by atoms with Gasteiger partial charge in [0.1, 0.15) is 12.4 Å². The second-order valence-corrected chi connectivity index (χ2v) is 6.24. The lowest BCUT2D eigenvalue weighted by Crippen LogP contribution is -2.28. The van der Waals surface area contributed by atoms with Crippen molar-refractivity contribution in [3.8, 4) is 5.75 Å². The third-order valence-corrected chi connectivity index (χ3v) is 4.68. The molecule has 0 bridgehead atoms. The Bertz CT molecular complexity index is 779. The highest BCUT2D eigenvalue weighted by atomic mass is 16.5. The second-order valence-electron chi connectivity index (χ2n) is 6.24. The molecule has 1 aliphatic heterocycles. The minimum absolute atomic E-state index is 0.416. The fourth-order valence-electron chi connectivity index (χ4n) is 3.44. The van der Waals surface area contributed by atoms with Crippen molar-refractivity contribution in [3.63, 3.8) is 0 Å². The van der Waals surface area contributed by atoms with Gasteiger partial charge >= 0.3 is 0 Å². The molecule has 116 valence electrons. The zero-order valence-electron chi connectivity index (χ0n) is 13.1. The van der Waals surface area contributed by atoms with Crippen molar-refractivity contribution < 1.29 is 4.74 Å².